The number of carbonyl (C=O) groups excluding carboxylic acids is 2. The van der Waals surface area contributed by atoms with Crippen molar-refractivity contribution < 1.29 is 14.3 Å². The number of nitrogens with one attached hydrogen (secondary N) is 1. The lowest BCUT2D eigenvalue weighted by atomic mass is 9.90. The second-order valence-corrected chi connectivity index (χ2v) is 8.03. The maximum Gasteiger partial charge on any atom is 0.231 e. The highest BCUT2D eigenvalue weighted by atomic mass is 32.1. The minimum Gasteiger partial charge on any atom is -0.383 e. The lowest BCUT2D eigenvalue weighted by Crippen LogP contribution is -2.38. The first-order chi connectivity index (χ1) is 12.1. The maximum atomic E-state index is 12.5. The number of rotatable bonds is 6. The number of methoxy groups -OCH3 is 1. The van der Waals surface area contributed by atoms with E-state index in [1.807, 2.05) is 6.92 Å². The highest BCUT2D eigenvalue weighted by Crippen LogP contribution is 2.35. The van der Waals surface area contributed by atoms with Crippen molar-refractivity contribution in [3.05, 3.63) is 5.01 Å². The SMILES string of the molecule is COC[C@H](C)N1C[C@@H](C(=O)Nc2nnc(C3CCCCC3)s2)CC1=O. The number of likely N-dealkylation sites (tertiary alicyclic amines) is 1. The third kappa shape index (κ3) is 4.36. The van der Waals surface area contributed by atoms with E-state index in [2.05, 4.69) is 15.5 Å². The van der Waals surface area contributed by atoms with E-state index in [1.54, 1.807) is 12.0 Å². The van der Waals surface area contributed by atoms with Crippen LogP contribution in [0.15, 0.2) is 0 Å². The number of amides is 2. The van der Waals surface area contributed by atoms with E-state index in [4.69, 9.17) is 4.74 Å². The van der Waals surface area contributed by atoms with Gasteiger partial charge in [0.2, 0.25) is 16.9 Å². The molecule has 2 fully saturated rings. The first-order valence-corrected chi connectivity index (χ1v) is 9.82. The molecule has 8 heteroatoms. The minimum atomic E-state index is -0.339. The Labute approximate surface area is 152 Å². The van der Waals surface area contributed by atoms with Gasteiger partial charge in [-0.25, -0.2) is 0 Å². The van der Waals surface area contributed by atoms with E-state index in [1.165, 1.54) is 30.6 Å². The topological polar surface area (TPSA) is 84.4 Å². The Morgan fingerprint density at radius 3 is 2.84 bits per heavy atom. The maximum absolute atomic E-state index is 12.5. The molecule has 2 heterocycles. The number of nitrogens with zero attached hydrogens (tertiary/aromatic N) is 3. The fourth-order valence-electron chi connectivity index (χ4n) is 3.67. The van der Waals surface area contributed by atoms with Crippen LogP contribution < -0.4 is 5.32 Å². The van der Waals surface area contributed by atoms with Gasteiger partial charge in [-0.2, -0.15) is 0 Å². The Kier molecular flexibility index (Phi) is 6.01. The van der Waals surface area contributed by atoms with Crippen molar-refractivity contribution in [3.63, 3.8) is 0 Å². The second-order valence-electron chi connectivity index (χ2n) is 7.02. The molecule has 0 bridgehead atoms. The molecule has 2 aliphatic rings. The zero-order valence-corrected chi connectivity index (χ0v) is 15.7. The number of ether oxygens (including phenoxy) is 1. The number of hydrogen-bond acceptors (Lipinski definition) is 6. The summed E-state index contributed by atoms with van der Waals surface area (Å²) in [6.45, 7) is 2.84. The zero-order chi connectivity index (χ0) is 17.8. The molecule has 25 heavy (non-hydrogen) atoms. The van der Waals surface area contributed by atoms with Crippen LogP contribution in [-0.2, 0) is 14.3 Å². The molecule has 0 spiro atoms. The summed E-state index contributed by atoms with van der Waals surface area (Å²) in [6, 6.07) is -0.0188. The van der Waals surface area contributed by atoms with Gasteiger partial charge in [0, 0.05) is 26.0 Å². The van der Waals surface area contributed by atoms with Crippen LogP contribution in [-0.4, -0.2) is 53.2 Å². The molecule has 3 rings (SSSR count). The summed E-state index contributed by atoms with van der Waals surface area (Å²) in [6.07, 6.45) is 6.34. The second kappa shape index (κ2) is 8.23. The summed E-state index contributed by atoms with van der Waals surface area (Å²) in [5, 5.41) is 12.8. The number of carbonyl (C=O) groups is 2. The standard InChI is InChI=1S/C17H26N4O3S/c1-11(10-24-2)21-9-13(8-14(21)22)15(23)18-17-20-19-16(25-17)12-6-4-3-5-7-12/h11-13H,3-10H2,1-2H3,(H,18,20,23)/t11-,13-/m0/s1. The van der Waals surface area contributed by atoms with E-state index in [0.717, 1.165) is 17.8 Å². The van der Waals surface area contributed by atoms with Gasteiger partial charge in [0.25, 0.3) is 0 Å². The van der Waals surface area contributed by atoms with Gasteiger partial charge < -0.3 is 15.0 Å². The highest BCUT2D eigenvalue weighted by Gasteiger charge is 2.37. The predicted molar refractivity (Wildman–Crippen MR) is 95.5 cm³/mol. The molecule has 1 N–H and O–H groups in total. The monoisotopic (exact) mass is 366 g/mol. The van der Waals surface area contributed by atoms with E-state index in [-0.39, 0.29) is 30.2 Å². The summed E-state index contributed by atoms with van der Waals surface area (Å²) >= 11 is 1.47. The van der Waals surface area contributed by atoms with Gasteiger partial charge in [-0.1, -0.05) is 30.6 Å². The van der Waals surface area contributed by atoms with Crippen LogP contribution >= 0.6 is 11.3 Å². The van der Waals surface area contributed by atoms with Crippen LogP contribution in [0.4, 0.5) is 5.13 Å². The molecule has 138 valence electrons. The summed E-state index contributed by atoms with van der Waals surface area (Å²) < 4.78 is 5.11. The van der Waals surface area contributed by atoms with Crippen LogP contribution in [0.2, 0.25) is 0 Å². The van der Waals surface area contributed by atoms with E-state index >= 15 is 0 Å². The average molecular weight is 366 g/mol. The van der Waals surface area contributed by atoms with Crippen LogP contribution in [0.3, 0.4) is 0 Å². The van der Waals surface area contributed by atoms with Crippen molar-refractivity contribution in [2.75, 3.05) is 25.6 Å². The van der Waals surface area contributed by atoms with Crippen LogP contribution in [0.1, 0.15) is 56.4 Å². The summed E-state index contributed by atoms with van der Waals surface area (Å²) in [5.41, 5.74) is 0. The lowest BCUT2D eigenvalue weighted by molar-refractivity contribution is -0.130. The van der Waals surface area contributed by atoms with Crippen molar-refractivity contribution >= 4 is 28.3 Å². The molecule has 0 radical (unpaired) electrons. The summed E-state index contributed by atoms with van der Waals surface area (Å²) in [4.78, 5) is 26.3. The van der Waals surface area contributed by atoms with Gasteiger partial charge in [0.05, 0.1) is 18.6 Å². The van der Waals surface area contributed by atoms with E-state index in [0.29, 0.717) is 24.2 Å². The first-order valence-electron chi connectivity index (χ1n) is 9.01. The van der Waals surface area contributed by atoms with E-state index in [9.17, 15) is 9.59 Å². The fraction of sp³-hybridized carbons (Fsp3) is 0.765. The van der Waals surface area contributed by atoms with Crippen molar-refractivity contribution in [2.24, 2.45) is 5.92 Å². The molecule has 7 nitrogen and oxygen atoms in total. The van der Waals surface area contributed by atoms with Crippen molar-refractivity contribution in [1.29, 1.82) is 0 Å². The number of anilines is 1. The molecule has 0 aromatic carbocycles. The largest absolute Gasteiger partial charge is 0.383 e. The molecule has 1 saturated carbocycles. The van der Waals surface area contributed by atoms with Crippen molar-refractivity contribution in [3.8, 4) is 0 Å². The van der Waals surface area contributed by atoms with Gasteiger partial charge in [-0.15, -0.1) is 10.2 Å². The third-order valence-electron chi connectivity index (χ3n) is 5.09. The van der Waals surface area contributed by atoms with Crippen LogP contribution in [0.5, 0.6) is 0 Å². The normalized spacial score (nSPS) is 23.0. The molecule has 1 aromatic heterocycles. The van der Waals surface area contributed by atoms with Crippen molar-refractivity contribution in [1.82, 2.24) is 15.1 Å². The van der Waals surface area contributed by atoms with Gasteiger partial charge in [0.15, 0.2) is 0 Å². The van der Waals surface area contributed by atoms with Crippen molar-refractivity contribution in [2.45, 2.75) is 57.4 Å². The van der Waals surface area contributed by atoms with Gasteiger partial charge in [-0.3, -0.25) is 9.59 Å². The Morgan fingerprint density at radius 2 is 2.12 bits per heavy atom. The Morgan fingerprint density at radius 1 is 1.36 bits per heavy atom. The van der Waals surface area contributed by atoms with Gasteiger partial charge in [-0.05, 0) is 19.8 Å². The Bertz CT molecular complexity index is 615. The number of hydrogen-bond donors (Lipinski definition) is 1. The first kappa shape index (κ1) is 18.3. The molecule has 2 atom stereocenters. The van der Waals surface area contributed by atoms with Crippen LogP contribution in [0, 0.1) is 5.92 Å². The Hall–Kier alpha value is -1.54. The predicted octanol–water partition coefficient (Wildman–Crippen LogP) is 2.41. The Balaban J connectivity index is 1.56. The number of aromatic nitrogens is 2. The third-order valence-corrected chi connectivity index (χ3v) is 6.10. The molecule has 2 amide bonds. The fourth-order valence-corrected chi connectivity index (χ4v) is 4.59. The molecule has 1 aromatic rings. The van der Waals surface area contributed by atoms with E-state index < -0.39 is 0 Å². The quantitative estimate of drug-likeness (QED) is 0.836. The lowest BCUT2D eigenvalue weighted by Gasteiger charge is -2.23. The highest BCUT2D eigenvalue weighted by molar-refractivity contribution is 7.15. The van der Waals surface area contributed by atoms with Crippen LogP contribution in [0.25, 0.3) is 0 Å². The smallest absolute Gasteiger partial charge is 0.231 e. The minimum absolute atomic E-state index is 0.00450. The summed E-state index contributed by atoms with van der Waals surface area (Å²) in [5.74, 6) is 0.000788. The zero-order valence-electron chi connectivity index (χ0n) is 14.9. The summed E-state index contributed by atoms with van der Waals surface area (Å²) in [7, 11) is 1.61. The molecule has 0 unspecified atom stereocenters. The van der Waals surface area contributed by atoms with Gasteiger partial charge >= 0.3 is 0 Å². The molecular weight excluding hydrogens is 340 g/mol. The molecule has 1 saturated heterocycles. The molecular formula is C17H26N4O3S. The average Bonchev–Trinajstić information content (AvgIpc) is 3.23. The molecule has 1 aliphatic carbocycles. The molecule has 1 aliphatic heterocycles. The van der Waals surface area contributed by atoms with Gasteiger partial charge in [0.1, 0.15) is 5.01 Å².